The number of nitrogens with one attached hydrogen (secondary N) is 1. The van der Waals surface area contributed by atoms with Gasteiger partial charge in [0.2, 0.25) is 5.78 Å². The van der Waals surface area contributed by atoms with Gasteiger partial charge in [0.1, 0.15) is 0 Å². The van der Waals surface area contributed by atoms with Gasteiger partial charge in [-0.15, -0.1) is 0 Å². The molecule has 4 rings (SSSR count). The number of rotatable bonds is 2. The van der Waals surface area contributed by atoms with Crippen LogP contribution in [0.15, 0.2) is 66.9 Å². The molecule has 0 radical (unpaired) electrons. The number of pyridine rings is 1. The second-order valence-corrected chi connectivity index (χ2v) is 5.63. The maximum atomic E-state index is 12.8. The van der Waals surface area contributed by atoms with E-state index < -0.39 is 5.66 Å². The number of hydrogen-bond donors (Lipinski definition) is 2. The van der Waals surface area contributed by atoms with Crippen LogP contribution in [0.1, 0.15) is 15.9 Å². The lowest BCUT2D eigenvalue weighted by molar-refractivity contribution is 0.0936. The van der Waals surface area contributed by atoms with E-state index in [1.165, 1.54) is 0 Å². The van der Waals surface area contributed by atoms with Crippen molar-refractivity contribution < 1.29 is 4.79 Å². The van der Waals surface area contributed by atoms with Crippen LogP contribution in [-0.4, -0.2) is 16.4 Å². The van der Waals surface area contributed by atoms with Gasteiger partial charge in [-0.2, -0.15) is 0 Å². The molecular formula is C19H15N3O. The van der Waals surface area contributed by atoms with Crippen LogP contribution in [0.2, 0.25) is 0 Å². The first-order valence-electron chi connectivity index (χ1n) is 7.41. The van der Waals surface area contributed by atoms with Crippen molar-refractivity contribution in [3.8, 4) is 0 Å². The van der Waals surface area contributed by atoms with Gasteiger partial charge in [-0.3, -0.25) is 15.5 Å². The Labute approximate surface area is 133 Å². The Kier molecular flexibility index (Phi) is 2.99. The molecule has 1 aromatic heterocycles. The van der Waals surface area contributed by atoms with Gasteiger partial charge < -0.3 is 5.32 Å². The Bertz CT molecular complexity index is 934. The fourth-order valence-electron chi connectivity index (χ4n) is 2.86. The summed E-state index contributed by atoms with van der Waals surface area (Å²) in [5, 5.41) is 4.20. The minimum Gasteiger partial charge on any atom is -0.355 e. The zero-order chi connectivity index (χ0) is 15.9. The summed E-state index contributed by atoms with van der Waals surface area (Å²) in [5.41, 5.74) is 8.23. The molecule has 2 heterocycles. The summed E-state index contributed by atoms with van der Waals surface area (Å²) in [5.74, 6) is -0.173. The third-order valence-corrected chi connectivity index (χ3v) is 4.08. The number of nitrogens with two attached hydrogens (primary N) is 1. The van der Waals surface area contributed by atoms with Crippen LogP contribution in [0.3, 0.4) is 0 Å². The van der Waals surface area contributed by atoms with E-state index in [9.17, 15) is 4.79 Å². The number of Topliss-reactive ketones (excluding diaryl/α,β-unsaturated/α-hetero) is 1. The molecule has 23 heavy (non-hydrogen) atoms. The number of aromatic nitrogens is 1. The second kappa shape index (κ2) is 5.04. The normalized spacial score (nSPS) is 19.2. The molecule has 0 amide bonds. The Morgan fingerprint density at radius 3 is 2.70 bits per heavy atom. The zero-order valence-electron chi connectivity index (χ0n) is 12.4. The Morgan fingerprint density at radius 1 is 1.04 bits per heavy atom. The van der Waals surface area contributed by atoms with Crippen molar-refractivity contribution in [1.82, 2.24) is 4.98 Å². The molecule has 0 aliphatic carbocycles. The van der Waals surface area contributed by atoms with E-state index in [2.05, 4.69) is 10.3 Å². The van der Waals surface area contributed by atoms with E-state index in [1.807, 2.05) is 48.5 Å². The van der Waals surface area contributed by atoms with Gasteiger partial charge >= 0.3 is 0 Å². The number of fused-ring (bicyclic) bond motifs is 3. The summed E-state index contributed by atoms with van der Waals surface area (Å²) in [6.07, 6.45) is 5.32. The molecule has 0 fully saturated rings. The number of carbonyl (C=O) groups excluding carboxylic acids is 1. The van der Waals surface area contributed by atoms with E-state index in [0.717, 1.165) is 22.2 Å². The monoisotopic (exact) mass is 301 g/mol. The van der Waals surface area contributed by atoms with Crippen molar-refractivity contribution in [2.45, 2.75) is 5.66 Å². The van der Waals surface area contributed by atoms with Gasteiger partial charge in [0, 0.05) is 17.1 Å². The fraction of sp³-hybridized carbons (Fsp3) is 0.0526. The van der Waals surface area contributed by atoms with Gasteiger partial charge in [0.15, 0.2) is 5.66 Å². The van der Waals surface area contributed by atoms with Gasteiger partial charge in [-0.25, -0.2) is 0 Å². The SMILES string of the molecule is NC1(C(=O)c2ccccc2)C=Cc2ccc3cccnc3c2N1. The third-order valence-electron chi connectivity index (χ3n) is 4.08. The highest BCUT2D eigenvalue weighted by Gasteiger charge is 2.35. The lowest BCUT2D eigenvalue weighted by atomic mass is 9.92. The molecule has 0 spiro atoms. The average molecular weight is 301 g/mol. The van der Waals surface area contributed by atoms with Crippen LogP contribution < -0.4 is 11.1 Å². The molecular weight excluding hydrogens is 286 g/mol. The standard InChI is InChI=1S/C19H15N3O/c20-19(18(23)15-5-2-1-3-6-15)11-10-14-9-8-13-7-4-12-21-16(13)17(14)22-19/h1-12,22H,20H2. The number of hydrogen-bond acceptors (Lipinski definition) is 4. The van der Waals surface area contributed by atoms with E-state index in [1.54, 1.807) is 24.4 Å². The molecule has 1 atom stereocenters. The number of anilines is 1. The molecule has 112 valence electrons. The van der Waals surface area contributed by atoms with Gasteiger partial charge in [-0.1, -0.05) is 54.6 Å². The molecule has 3 aromatic rings. The van der Waals surface area contributed by atoms with Crippen molar-refractivity contribution in [3.05, 3.63) is 78.0 Å². The lowest BCUT2D eigenvalue weighted by Crippen LogP contribution is -2.54. The minimum absolute atomic E-state index is 0.173. The summed E-state index contributed by atoms with van der Waals surface area (Å²) in [6, 6.07) is 16.9. The van der Waals surface area contributed by atoms with Crippen LogP contribution in [0.4, 0.5) is 5.69 Å². The molecule has 1 aliphatic heterocycles. The molecule has 3 N–H and O–H groups in total. The first kappa shape index (κ1) is 13.7. The van der Waals surface area contributed by atoms with E-state index in [-0.39, 0.29) is 5.78 Å². The molecule has 0 saturated heterocycles. The molecule has 1 aliphatic rings. The summed E-state index contributed by atoms with van der Waals surface area (Å²) < 4.78 is 0. The largest absolute Gasteiger partial charge is 0.355 e. The Balaban J connectivity index is 1.81. The first-order chi connectivity index (χ1) is 11.2. The summed E-state index contributed by atoms with van der Waals surface area (Å²) in [4.78, 5) is 17.2. The molecule has 0 bridgehead atoms. The number of carbonyl (C=O) groups is 1. The minimum atomic E-state index is -1.28. The molecule has 2 aromatic carbocycles. The van der Waals surface area contributed by atoms with Crippen molar-refractivity contribution in [2.24, 2.45) is 5.73 Å². The predicted octanol–water partition coefficient (Wildman–Crippen LogP) is 3.21. The van der Waals surface area contributed by atoms with E-state index >= 15 is 0 Å². The molecule has 1 unspecified atom stereocenters. The van der Waals surface area contributed by atoms with Crippen molar-refractivity contribution in [3.63, 3.8) is 0 Å². The van der Waals surface area contributed by atoms with Crippen molar-refractivity contribution >= 4 is 28.4 Å². The zero-order valence-corrected chi connectivity index (χ0v) is 12.4. The number of benzene rings is 2. The van der Waals surface area contributed by atoms with Crippen LogP contribution in [0.5, 0.6) is 0 Å². The molecule has 0 saturated carbocycles. The van der Waals surface area contributed by atoms with Crippen molar-refractivity contribution in [1.29, 1.82) is 0 Å². The molecule has 4 nitrogen and oxygen atoms in total. The number of nitrogens with zero attached hydrogens (tertiary/aromatic N) is 1. The molecule has 4 heteroatoms. The van der Waals surface area contributed by atoms with Gasteiger partial charge in [0.05, 0.1) is 11.2 Å². The highest BCUT2D eigenvalue weighted by atomic mass is 16.1. The van der Waals surface area contributed by atoms with Crippen LogP contribution in [-0.2, 0) is 0 Å². The van der Waals surface area contributed by atoms with Crippen LogP contribution in [0.25, 0.3) is 17.0 Å². The topological polar surface area (TPSA) is 68.0 Å². The number of ketones is 1. The fourth-order valence-corrected chi connectivity index (χ4v) is 2.86. The van der Waals surface area contributed by atoms with E-state index in [0.29, 0.717) is 5.56 Å². The summed E-state index contributed by atoms with van der Waals surface area (Å²) in [6.45, 7) is 0. The first-order valence-corrected chi connectivity index (χ1v) is 7.41. The van der Waals surface area contributed by atoms with Crippen molar-refractivity contribution in [2.75, 3.05) is 5.32 Å². The van der Waals surface area contributed by atoms with E-state index in [4.69, 9.17) is 5.73 Å². The maximum absolute atomic E-state index is 12.8. The smallest absolute Gasteiger partial charge is 0.206 e. The second-order valence-electron chi connectivity index (χ2n) is 5.63. The lowest BCUT2D eigenvalue weighted by Gasteiger charge is -2.31. The van der Waals surface area contributed by atoms with Gasteiger partial charge in [0.25, 0.3) is 0 Å². The van der Waals surface area contributed by atoms with Crippen LogP contribution >= 0.6 is 0 Å². The predicted molar refractivity (Wildman–Crippen MR) is 92.1 cm³/mol. The average Bonchev–Trinajstić information content (AvgIpc) is 2.61. The highest BCUT2D eigenvalue weighted by molar-refractivity contribution is 6.09. The Hall–Kier alpha value is -2.98. The Morgan fingerprint density at radius 2 is 1.87 bits per heavy atom. The summed E-state index contributed by atoms with van der Waals surface area (Å²) >= 11 is 0. The third kappa shape index (κ3) is 2.20. The maximum Gasteiger partial charge on any atom is 0.206 e. The highest BCUT2D eigenvalue weighted by Crippen LogP contribution is 2.33. The quantitative estimate of drug-likeness (QED) is 0.713. The van der Waals surface area contributed by atoms with Gasteiger partial charge in [-0.05, 0) is 17.7 Å². The summed E-state index contributed by atoms with van der Waals surface area (Å²) in [7, 11) is 0. The van der Waals surface area contributed by atoms with Crippen LogP contribution in [0, 0.1) is 0 Å².